The minimum atomic E-state index is 0.506. The predicted octanol–water partition coefficient (Wildman–Crippen LogP) is 3.00. The van der Waals surface area contributed by atoms with Gasteiger partial charge in [-0.3, -0.25) is 0 Å². The van der Waals surface area contributed by atoms with Gasteiger partial charge in [0.1, 0.15) is 12.4 Å². The molecule has 3 rings (SSSR count). The Morgan fingerprint density at radius 3 is 2.52 bits per heavy atom. The average Bonchev–Trinajstić information content (AvgIpc) is 3.06. The fourth-order valence-corrected chi connectivity index (χ4v) is 4.46. The minimum Gasteiger partial charge on any atom is -0.356 e. The molecule has 0 aromatic carbocycles. The van der Waals surface area contributed by atoms with Crippen molar-refractivity contribution in [1.82, 2.24) is 30.3 Å². The van der Waals surface area contributed by atoms with Crippen LogP contribution in [0.15, 0.2) is 4.99 Å². The van der Waals surface area contributed by atoms with Gasteiger partial charge in [-0.2, -0.15) is 0 Å². The zero-order chi connectivity index (χ0) is 20.5. The normalized spacial score (nSPS) is 20.2. The summed E-state index contributed by atoms with van der Waals surface area (Å²) in [6.45, 7) is 9.43. The number of guanidine groups is 1. The molecule has 1 saturated carbocycles. The van der Waals surface area contributed by atoms with Crippen LogP contribution in [0.25, 0.3) is 0 Å². The number of unbranched alkanes of at least 4 members (excludes halogenated alkanes) is 1. The van der Waals surface area contributed by atoms with Gasteiger partial charge in [0.05, 0.1) is 0 Å². The van der Waals surface area contributed by atoms with Gasteiger partial charge in [-0.15, -0.1) is 10.2 Å². The summed E-state index contributed by atoms with van der Waals surface area (Å²) in [5, 5.41) is 15.6. The Balaban J connectivity index is 1.48. The van der Waals surface area contributed by atoms with E-state index in [9.17, 15) is 0 Å². The van der Waals surface area contributed by atoms with Gasteiger partial charge in [0.15, 0.2) is 11.8 Å². The minimum absolute atomic E-state index is 0.506. The van der Waals surface area contributed by atoms with Crippen molar-refractivity contribution in [3.8, 4) is 0 Å². The third kappa shape index (κ3) is 6.98. The lowest BCUT2D eigenvalue weighted by Crippen LogP contribution is -2.49. The summed E-state index contributed by atoms with van der Waals surface area (Å²) in [6, 6.07) is 0.506. The van der Waals surface area contributed by atoms with Crippen LogP contribution < -0.4 is 10.6 Å². The third-order valence-electron chi connectivity index (χ3n) is 6.55. The second kappa shape index (κ2) is 11.5. The smallest absolute Gasteiger partial charge is 0.191 e. The molecule has 2 heterocycles. The fourth-order valence-electron chi connectivity index (χ4n) is 4.46. The Bertz CT molecular complexity index is 625. The highest BCUT2D eigenvalue weighted by molar-refractivity contribution is 5.80. The topological polar surface area (TPSA) is 70.4 Å². The van der Waals surface area contributed by atoms with Crippen LogP contribution in [0.5, 0.6) is 0 Å². The SMILES string of the molecule is CCCCNC(=NCc1nnc(C)n1C)NC1CCN(CC2CCCCC2)CC1. The summed E-state index contributed by atoms with van der Waals surface area (Å²) in [7, 11) is 2.00. The maximum atomic E-state index is 4.80. The first-order chi connectivity index (χ1) is 14.2. The van der Waals surface area contributed by atoms with Crippen molar-refractivity contribution in [2.45, 2.75) is 84.2 Å². The van der Waals surface area contributed by atoms with E-state index in [0.29, 0.717) is 12.6 Å². The van der Waals surface area contributed by atoms with Gasteiger partial charge in [0.2, 0.25) is 0 Å². The molecule has 0 amide bonds. The average molecular weight is 404 g/mol. The van der Waals surface area contributed by atoms with Gasteiger partial charge in [-0.25, -0.2) is 4.99 Å². The van der Waals surface area contributed by atoms with Crippen LogP contribution in [-0.2, 0) is 13.6 Å². The van der Waals surface area contributed by atoms with Gasteiger partial charge >= 0.3 is 0 Å². The van der Waals surface area contributed by atoms with E-state index in [2.05, 4.69) is 32.7 Å². The Kier molecular flexibility index (Phi) is 8.77. The Labute approximate surface area is 176 Å². The molecule has 0 atom stereocenters. The van der Waals surface area contributed by atoms with Gasteiger partial charge in [-0.05, 0) is 44.9 Å². The number of aliphatic imine (C=N–C) groups is 1. The molecule has 0 radical (unpaired) electrons. The Morgan fingerprint density at radius 2 is 1.86 bits per heavy atom. The van der Waals surface area contributed by atoms with Gasteiger partial charge in [0, 0.05) is 39.3 Å². The van der Waals surface area contributed by atoms with Crippen molar-refractivity contribution >= 4 is 5.96 Å². The largest absolute Gasteiger partial charge is 0.356 e. The first-order valence-corrected chi connectivity index (χ1v) is 11.8. The zero-order valence-corrected chi connectivity index (χ0v) is 18.8. The molecule has 2 fully saturated rings. The number of likely N-dealkylation sites (tertiary alicyclic amines) is 1. The summed E-state index contributed by atoms with van der Waals surface area (Å²) in [5.74, 6) is 3.69. The van der Waals surface area contributed by atoms with E-state index >= 15 is 0 Å². The van der Waals surface area contributed by atoms with Crippen molar-refractivity contribution < 1.29 is 0 Å². The number of hydrogen-bond acceptors (Lipinski definition) is 4. The maximum absolute atomic E-state index is 4.80. The monoisotopic (exact) mass is 403 g/mol. The molecule has 1 aromatic rings. The summed E-state index contributed by atoms with van der Waals surface area (Å²) in [5.41, 5.74) is 0. The summed E-state index contributed by atoms with van der Waals surface area (Å²) >= 11 is 0. The molecule has 7 heteroatoms. The lowest BCUT2D eigenvalue weighted by Gasteiger charge is -2.36. The van der Waals surface area contributed by atoms with Gasteiger partial charge < -0.3 is 20.1 Å². The first kappa shape index (κ1) is 22.1. The molecule has 0 spiro atoms. The standard InChI is InChI=1S/C22H41N7/c1-4-5-13-23-22(24-16-21-27-26-18(2)28(21)3)25-20-11-14-29(15-12-20)17-19-9-7-6-8-10-19/h19-20H,4-17H2,1-3H3,(H2,23,24,25). The first-order valence-electron chi connectivity index (χ1n) is 11.8. The van der Waals surface area contributed by atoms with Crippen LogP contribution in [-0.4, -0.2) is 57.8 Å². The molecular formula is C22H41N7. The second-order valence-electron chi connectivity index (χ2n) is 8.89. The third-order valence-corrected chi connectivity index (χ3v) is 6.55. The Morgan fingerprint density at radius 1 is 1.10 bits per heavy atom. The molecular weight excluding hydrogens is 362 g/mol. The number of nitrogens with zero attached hydrogens (tertiary/aromatic N) is 5. The molecule has 1 aliphatic heterocycles. The number of hydrogen-bond donors (Lipinski definition) is 2. The molecule has 164 valence electrons. The summed E-state index contributed by atoms with van der Waals surface area (Å²) in [6.07, 6.45) is 12.0. The van der Waals surface area contributed by atoms with E-state index in [1.807, 2.05) is 18.5 Å². The maximum Gasteiger partial charge on any atom is 0.191 e. The van der Waals surface area contributed by atoms with Crippen molar-refractivity contribution in [2.24, 2.45) is 18.0 Å². The van der Waals surface area contributed by atoms with Crippen molar-refractivity contribution in [1.29, 1.82) is 0 Å². The van der Waals surface area contributed by atoms with E-state index in [4.69, 9.17) is 4.99 Å². The number of nitrogens with one attached hydrogen (secondary N) is 2. The highest BCUT2D eigenvalue weighted by atomic mass is 15.3. The lowest BCUT2D eigenvalue weighted by molar-refractivity contribution is 0.160. The van der Waals surface area contributed by atoms with E-state index in [1.54, 1.807) is 0 Å². The Hall–Kier alpha value is -1.63. The molecule has 29 heavy (non-hydrogen) atoms. The van der Waals surface area contributed by atoms with Crippen molar-refractivity contribution in [3.63, 3.8) is 0 Å². The van der Waals surface area contributed by atoms with Crippen LogP contribution in [0.1, 0.15) is 76.4 Å². The highest BCUT2D eigenvalue weighted by Gasteiger charge is 2.23. The van der Waals surface area contributed by atoms with E-state index < -0.39 is 0 Å². The van der Waals surface area contributed by atoms with Crippen molar-refractivity contribution in [2.75, 3.05) is 26.2 Å². The quantitative estimate of drug-likeness (QED) is 0.397. The molecule has 2 aliphatic rings. The number of rotatable bonds is 8. The van der Waals surface area contributed by atoms with Crippen LogP contribution >= 0.6 is 0 Å². The fraction of sp³-hybridized carbons (Fsp3) is 0.864. The van der Waals surface area contributed by atoms with E-state index in [1.165, 1.54) is 71.0 Å². The number of aryl methyl sites for hydroxylation is 1. The van der Waals surface area contributed by atoms with Crippen LogP contribution in [0.3, 0.4) is 0 Å². The van der Waals surface area contributed by atoms with E-state index in [0.717, 1.165) is 36.5 Å². The van der Waals surface area contributed by atoms with Gasteiger partial charge in [-0.1, -0.05) is 32.6 Å². The number of aromatic nitrogens is 3. The van der Waals surface area contributed by atoms with Crippen molar-refractivity contribution in [3.05, 3.63) is 11.6 Å². The summed E-state index contributed by atoms with van der Waals surface area (Å²) < 4.78 is 2.01. The second-order valence-corrected chi connectivity index (χ2v) is 8.89. The molecule has 1 saturated heterocycles. The van der Waals surface area contributed by atoms with Crippen LogP contribution in [0.2, 0.25) is 0 Å². The number of piperidine rings is 1. The van der Waals surface area contributed by atoms with Crippen LogP contribution in [0, 0.1) is 12.8 Å². The molecule has 0 unspecified atom stereocenters. The van der Waals surface area contributed by atoms with Crippen LogP contribution in [0.4, 0.5) is 0 Å². The molecule has 2 N–H and O–H groups in total. The predicted molar refractivity (Wildman–Crippen MR) is 119 cm³/mol. The van der Waals surface area contributed by atoms with Gasteiger partial charge in [0.25, 0.3) is 0 Å². The lowest BCUT2D eigenvalue weighted by atomic mass is 9.88. The molecule has 7 nitrogen and oxygen atoms in total. The zero-order valence-electron chi connectivity index (χ0n) is 18.8. The molecule has 0 bridgehead atoms. The summed E-state index contributed by atoms with van der Waals surface area (Å²) in [4.78, 5) is 7.50. The van der Waals surface area contributed by atoms with E-state index in [-0.39, 0.29) is 0 Å². The highest BCUT2D eigenvalue weighted by Crippen LogP contribution is 2.25. The molecule has 1 aliphatic carbocycles. The molecule has 1 aromatic heterocycles.